The highest BCUT2D eigenvalue weighted by atomic mass is 35.5. The van der Waals surface area contributed by atoms with E-state index in [1.807, 2.05) is 0 Å². The SMILES string of the molecule is CC(C)(CO)NC(=O)c1ccc([N+](=O)[O-])c(Cl)c1. The van der Waals surface area contributed by atoms with Gasteiger partial charge in [0.05, 0.1) is 17.1 Å². The van der Waals surface area contributed by atoms with Crippen molar-refractivity contribution in [2.75, 3.05) is 6.61 Å². The van der Waals surface area contributed by atoms with Crippen molar-refractivity contribution in [3.05, 3.63) is 38.9 Å². The number of carbonyl (C=O) groups excluding carboxylic acids is 1. The zero-order chi connectivity index (χ0) is 13.9. The van der Waals surface area contributed by atoms with E-state index in [-0.39, 0.29) is 22.9 Å². The summed E-state index contributed by atoms with van der Waals surface area (Å²) < 4.78 is 0. The molecule has 6 nitrogen and oxygen atoms in total. The van der Waals surface area contributed by atoms with E-state index in [1.165, 1.54) is 18.2 Å². The lowest BCUT2D eigenvalue weighted by molar-refractivity contribution is -0.384. The summed E-state index contributed by atoms with van der Waals surface area (Å²) in [5, 5.41) is 22.1. The second-order valence-corrected chi connectivity index (χ2v) is 4.83. The van der Waals surface area contributed by atoms with Crippen LogP contribution in [0.4, 0.5) is 5.69 Å². The van der Waals surface area contributed by atoms with Gasteiger partial charge in [-0.05, 0) is 26.0 Å². The Morgan fingerprint density at radius 2 is 2.17 bits per heavy atom. The quantitative estimate of drug-likeness (QED) is 0.645. The number of amides is 1. The minimum absolute atomic E-state index is 0.102. The van der Waals surface area contributed by atoms with Crippen LogP contribution in [-0.2, 0) is 0 Å². The predicted octanol–water partition coefficient (Wildman–Crippen LogP) is 1.75. The van der Waals surface area contributed by atoms with Crippen LogP contribution in [-0.4, -0.2) is 28.1 Å². The van der Waals surface area contributed by atoms with Crippen molar-refractivity contribution in [3.63, 3.8) is 0 Å². The Kier molecular flexibility index (Phi) is 4.26. The van der Waals surface area contributed by atoms with Gasteiger partial charge in [0, 0.05) is 11.6 Å². The number of hydrogen-bond donors (Lipinski definition) is 2. The molecule has 0 unspecified atom stereocenters. The Balaban J connectivity index is 2.95. The summed E-state index contributed by atoms with van der Waals surface area (Å²) in [5.74, 6) is -0.453. The molecule has 0 saturated heterocycles. The second kappa shape index (κ2) is 5.32. The lowest BCUT2D eigenvalue weighted by Crippen LogP contribution is -2.46. The summed E-state index contributed by atoms with van der Waals surface area (Å²) in [4.78, 5) is 21.7. The van der Waals surface area contributed by atoms with Gasteiger partial charge < -0.3 is 10.4 Å². The lowest BCUT2D eigenvalue weighted by Gasteiger charge is -2.23. The molecule has 0 aromatic heterocycles. The molecule has 0 fully saturated rings. The van der Waals surface area contributed by atoms with Crippen LogP contribution >= 0.6 is 11.6 Å². The summed E-state index contributed by atoms with van der Waals surface area (Å²) >= 11 is 5.70. The maximum atomic E-state index is 11.8. The van der Waals surface area contributed by atoms with Crippen molar-refractivity contribution in [3.8, 4) is 0 Å². The van der Waals surface area contributed by atoms with Gasteiger partial charge in [-0.3, -0.25) is 14.9 Å². The first-order valence-electron chi connectivity index (χ1n) is 5.14. The van der Waals surface area contributed by atoms with Gasteiger partial charge in [-0.1, -0.05) is 11.6 Å². The molecule has 1 aromatic rings. The van der Waals surface area contributed by atoms with Crippen LogP contribution in [0.3, 0.4) is 0 Å². The summed E-state index contributed by atoms with van der Waals surface area (Å²) in [6.45, 7) is 3.08. The molecule has 0 atom stereocenters. The lowest BCUT2D eigenvalue weighted by atomic mass is 10.1. The Labute approximate surface area is 109 Å². The first-order chi connectivity index (χ1) is 8.26. The average molecular weight is 273 g/mol. The largest absolute Gasteiger partial charge is 0.394 e. The third-order valence-corrected chi connectivity index (χ3v) is 2.56. The average Bonchev–Trinajstić information content (AvgIpc) is 2.27. The molecule has 0 radical (unpaired) electrons. The molecular weight excluding hydrogens is 260 g/mol. The van der Waals surface area contributed by atoms with Crippen molar-refractivity contribution < 1.29 is 14.8 Å². The number of halogens is 1. The molecule has 0 saturated carbocycles. The van der Waals surface area contributed by atoms with Crippen LogP contribution in [0.2, 0.25) is 5.02 Å². The molecule has 2 N–H and O–H groups in total. The van der Waals surface area contributed by atoms with Crippen LogP contribution in [0.1, 0.15) is 24.2 Å². The van der Waals surface area contributed by atoms with Gasteiger partial charge in [0.15, 0.2) is 0 Å². The smallest absolute Gasteiger partial charge is 0.287 e. The van der Waals surface area contributed by atoms with Gasteiger partial charge in [-0.15, -0.1) is 0 Å². The number of hydrogen-bond acceptors (Lipinski definition) is 4. The highest BCUT2D eigenvalue weighted by Gasteiger charge is 2.21. The maximum absolute atomic E-state index is 11.8. The summed E-state index contributed by atoms with van der Waals surface area (Å²) in [5.41, 5.74) is -0.826. The van der Waals surface area contributed by atoms with Crippen molar-refractivity contribution in [2.45, 2.75) is 19.4 Å². The maximum Gasteiger partial charge on any atom is 0.287 e. The van der Waals surface area contributed by atoms with Crippen molar-refractivity contribution in [1.82, 2.24) is 5.32 Å². The minimum Gasteiger partial charge on any atom is -0.394 e. The summed E-state index contributed by atoms with van der Waals surface area (Å²) in [6, 6.07) is 3.71. The number of nitrogens with one attached hydrogen (secondary N) is 1. The fraction of sp³-hybridized carbons (Fsp3) is 0.364. The van der Waals surface area contributed by atoms with Gasteiger partial charge in [-0.2, -0.15) is 0 Å². The van der Waals surface area contributed by atoms with Crippen LogP contribution in [0.5, 0.6) is 0 Å². The fourth-order valence-electron chi connectivity index (χ4n) is 1.22. The topological polar surface area (TPSA) is 92.5 Å². The van der Waals surface area contributed by atoms with Gasteiger partial charge in [0.25, 0.3) is 11.6 Å². The van der Waals surface area contributed by atoms with E-state index in [1.54, 1.807) is 13.8 Å². The highest BCUT2D eigenvalue weighted by Crippen LogP contribution is 2.25. The summed E-state index contributed by atoms with van der Waals surface area (Å²) in [7, 11) is 0. The number of nitro benzene ring substituents is 1. The van der Waals surface area contributed by atoms with Crippen molar-refractivity contribution in [1.29, 1.82) is 0 Å². The fourth-order valence-corrected chi connectivity index (χ4v) is 1.46. The third kappa shape index (κ3) is 3.41. The predicted molar refractivity (Wildman–Crippen MR) is 66.7 cm³/mol. The Bertz CT molecular complexity index is 488. The van der Waals surface area contributed by atoms with E-state index in [0.29, 0.717) is 0 Å². The first kappa shape index (κ1) is 14.4. The zero-order valence-electron chi connectivity index (χ0n) is 9.94. The Morgan fingerprint density at radius 3 is 2.61 bits per heavy atom. The van der Waals surface area contributed by atoms with E-state index in [9.17, 15) is 14.9 Å². The first-order valence-corrected chi connectivity index (χ1v) is 5.52. The zero-order valence-corrected chi connectivity index (χ0v) is 10.7. The number of carbonyl (C=O) groups is 1. The normalized spacial score (nSPS) is 11.1. The van der Waals surface area contributed by atoms with Gasteiger partial charge in [0.1, 0.15) is 5.02 Å². The second-order valence-electron chi connectivity index (χ2n) is 4.42. The molecule has 0 aliphatic carbocycles. The molecular formula is C11H13ClN2O4. The number of benzene rings is 1. The molecule has 1 rings (SSSR count). The molecule has 1 aromatic carbocycles. The molecule has 98 valence electrons. The summed E-state index contributed by atoms with van der Waals surface area (Å²) in [6.07, 6.45) is 0. The van der Waals surface area contributed by atoms with E-state index >= 15 is 0 Å². The Hall–Kier alpha value is -1.66. The van der Waals surface area contributed by atoms with E-state index in [2.05, 4.69) is 5.32 Å². The van der Waals surface area contributed by atoms with Crippen LogP contribution in [0, 0.1) is 10.1 Å². The van der Waals surface area contributed by atoms with Crippen LogP contribution in [0.15, 0.2) is 18.2 Å². The number of rotatable bonds is 4. The number of nitro groups is 1. The molecule has 1 amide bonds. The minimum atomic E-state index is -0.772. The van der Waals surface area contributed by atoms with E-state index in [4.69, 9.17) is 16.7 Å². The van der Waals surface area contributed by atoms with Crippen LogP contribution < -0.4 is 5.32 Å². The molecule has 0 heterocycles. The monoisotopic (exact) mass is 272 g/mol. The third-order valence-electron chi connectivity index (χ3n) is 2.25. The van der Waals surface area contributed by atoms with E-state index < -0.39 is 16.4 Å². The Morgan fingerprint density at radius 1 is 1.56 bits per heavy atom. The molecule has 0 aliphatic rings. The van der Waals surface area contributed by atoms with E-state index in [0.717, 1.165) is 0 Å². The standard InChI is InChI=1S/C11H13ClN2O4/c1-11(2,6-15)13-10(16)7-3-4-9(14(17)18)8(12)5-7/h3-5,15H,6H2,1-2H3,(H,13,16). The van der Waals surface area contributed by atoms with Crippen LogP contribution in [0.25, 0.3) is 0 Å². The number of aliphatic hydroxyl groups is 1. The molecule has 18 heavy (non-hydrogen) atoms. The molecule has 7 heteroatoms. The molecule has 0 bridgehead atoms. The molecule has 0 aliphatic heterocycles. The number of aliphatic hydroxyl groups excluding tert-OH is 1. The van der Waals surface area contributed by atoms with Gasteiger partial charge in [0.2, 0.25) is 0 Å². The highest BCUT2D eigenvalue weighted by molar-refractivity contribution is 6.33. The number of nitrogens with zero attached hydrogens (tertiary/aromatic N) is 1. The van der Waals surface area contributed by atoms with Gasteiger partial charge in [-0.25, -0.2) is 0 Å². The van der Waals surface area contributed by atoms with Crippen molar-refractivity contribution in [2.24, 2.45) is 0 Å². The van der Waals surface area contributed by atoms with Gasteiger partial charge >= 0.3 is 0 Å². The molecule has 0 spiro atoms. The van der Waals surface area contributed by atoms with Crippen molar-refractivity contribution >= 4 is 23.2 Å².